The van der Waals surface area contributed by atoms with Crippen LogP contribution in [-0.4, -0.2) is 50.0 Å². The van der Waals surface area contributed by atoms with E-state index in [9.17, 15) is 9.59 Å². The van der Waals surface area contributed by atoms with E-state index in [1.807, 2.05) is 72.1 Å². The molecule has 0 saturated carbocycles. The molecular formula is C30H31N5O3. The van der Waals surface area contributed by atoms with Gasteiger partial charge in [-0.3, -0.25) is 14.1 Å². The fraction of sp³-hybridized carbons (Fsp3) is 0.267. The first-order valence-electron chi connectivity index (χ1n) is 12.3. The molecule has 0 fully saturated rings. The summed E-state index contributed by atoms with van der Waals surface area (Å²) in [6.07, 6.45) is 1.36. The summed E-state index contributed by atoms with van der Waals surface area (Å²) in [5, 5.41) is 2.81. The lowest BCUT2D eigenvalue weighted by Gasteiger charge is -2.28. The zero-order chi connectivity index (χ0) is 27.4. The normalized spacial score (nSPS) is 11.8. The Balaban J connectivity index is 1.68. The van der Waals surface area contributed by atoms with Gasteiger partial charge in [-0.25, -0.2) is 14.8 Å². The number of amides is 2. The molecule has 0 aliphatic rings. The van der Waals surface area contributed by atoms with E-state index in [1.165, 1.54) is 11.9 Å². The van der Waals surface area contributed by atoms with E-state index in [4.69, 9.17) is 9.72 Å². The number of hydrogen-bond acceptors (Lipinski definition) is 5. The topological polar surface area (TPSA) is 88.8 Å². The van der Waals surface area contributed by atoms with E-state index in [1.54, 1.807) is 33.8 Å². The molecule has 3 aromatic heterocycles. The number of nitrogens with zero attached hydrogens (tertiary/aromatic N) is 4. The number of likely N-dealkylation sites (N-methyl/N-ethyl adjacent to an activating group) is 1. The fourth-order valence-electron chi connectivity index (χ4n) is 3.80. The minimum atomic E-state index is -0.786. The van der Waals surface area contributed by atoms with E-state index >= 15 is 0 Å². The Hall–Kier alpha value is -4.64. The molecule has 4 aromatic rings. The lowest BCUT2D eigenvalue weighted by atomic mass is 10.1. The summed E-state index contributed by atoms with van der Waals surface area (Å²) in [5.41, 5.74) is 4.00. The number of imidazole rings is 1. The molecule has 194 valence electrons. The third kappa shape index (κ3) is 6.01. The van der Waals surface area contributed by atoms with Crippen LogP contribution in [0.15, 0.2) is 66.9 Å². The standard InChI is InChI=1S/C30H31N5O3/c1-20-27(35-19-11-10-14-26(35)31-20)23-16-18-25(32-24(23)17-15-22-12-8-7-9-13-22)33-28(36)21(2)34(6)29(37)38-30(3,4)5/h7-14,16,18-19,21H,1-6H3,(H,32,33,36). The van der Waals surface area contributed by atoms with Gasteiger partial charge in [-0.1, -0.05) is 30.2 Å². The van der Waals surface area contributed by atoms with Crippen LogP contribution in [0.5, 0.6) is 0 Å². The second-order valence-corrected chi connectivity index (χ2v) is 9.94. The molecule has 0 bridgehead atoms. The maximum absolute atomic E-state index is 13.0. The van der Waals surface area contributed by atoms with E-state index < -0.39 is 23.6 Å². The van der Waals surface area contributed by atoms with Gasteiger partial charge in [0, 0.05) is 24.4 Å². The third-order valence-electron chi connectivity index (χ3n) is 5.85. The number of nitrogens with one attached hydrogen (secondary N) is 1. The Kier molecular flexibility index (Phi) is 7.49. The van der Waals surface area contributed by atoms with Gasteiger partial charge in [-0.15, -0.1) is 0 Å². The number of carbonyl (C=O) groups is 2. The second-order valence-electron chi connectivity index (χ2n) is 9.94. The molecule has 1 N–H and O–H groups in total. The minimum Gasteiger partial charge on any atom is -0.444 e. The van der Waals surface area contributed by atoms with Crippen molar-refractivity contribution in [3.8, 4) is 23.1 Å². The SMILES string of the molecule is Cc1nc2ccccn2c1-c1ccc(NC(=O)C(C)N(C)C(=O)OC(C)(C)C)nc1C#Cc1ccccc1. The minimum absolute atomic E-state index is 0.326. The van der Waals surface area contributed by atoms with Gasteiger partial charge >= 0.3 is 6.09 Å². The van der Waals surface area contributed by atoms with Gasteiger partial charge in [0.1, 0.15) is 28.8 Å². The molecule has 38 heavy (non-hydrogen) atoms. The number of benzene rings is 1. The maximum atomic E-state index is 13.0. The molecule has 1 aromatic carbocycles. The maximum Gasteiger partial charge on any atom is 0.410 e. The van der Waals surface area contributed by atoms with Gasteiger partial charge < -0.3 is 10.1 Å². The quantitative estimate of drug-likeness (QED) is 0.377. The van der Waals surface area contributed by atoms with E-state index in [-0.39, 0.29) is 0 Å². The highest BCUT2D eigenvalue weighted by Gasteiger charge is 2.27. The van der Waals surface area contributed by atoms with Crippen molar-refractivity contribution in [3.63, 3.8) is 0 Å². The lowest BCUT2D eigenvalue weighted by Crippen LogP contribution is -2.45. The number of fused-ring (bicyclic) bond motifs is 1. The first-order chi connectivity index (χ1) is 18.0. The van der Waals surface area contributed by atoms with Crippen molar-refractivity contribution in [2.45, 2.75) is 46.3 Å². The summed E-state index contributed by atoms with van der Waals surface area (Å²) >= 11 is 0. The Bertz CT molecular complexity index is 1540. The van der Waals surface area contributed by atoms with Crippen molar-refractivity contribution in [3.05, 3.63) is 83.8 Å². The number of hydrogen-bond donors (Lipinski definition) is 1. The first-order valence-corrected chi connectivity index (χ1v) is 12.3. The average Bonchev–Trinajstić information content (AvgIpc) is 3.21. The van der Waals surface area contributed by atoms with Crippen molar-refractivity contribution < 1.29 is 14.3 Å². The highest BCUT2D eigenvalue weighted by molar-refractivity contribution is 5.95. The zero-order valence-corrected chi connectivity index (χ0v) is 22.4. The van der Waals surface area contributed by atoms with Crippen molar-refractivity contribution >= 4 is 23.5 Å². The van der Waals surface area contributed by atoms with Crippen LogP contribution in [0.4, 0.5) is 10.6 Å². The second kappa shape index (κ2) is 10.8. The molecule has 3 heterocycles. The Labute approximate surface area is 222 Å². The van der Waals surface area contributed by atoms with Crippen LogP contribution in [-0.2, 0) is 9.53 Å². The van der Waals surface area contributed by atoms with Crippen LogP contribution >= 0.6 is 0 Å². The summed E-state index contributed by atoms with van der Waals surface area (Å²) in [5.74, 6) is 6.28. The number of pyridine rings is 2. The number of anilines is 1. The number of aryl methyl sites for hydroxylation is 1. The summed E-state index contributed by atoms with van der Waals surface area (Å²) in [7, 11) is 1.53. The molecule has 4 rings (SSSR count). The molecule has 1 atom stereocenters. The van der Waals surface area contributed by atoms with Crippen molar-refractivity contribution in [2.75, 3.05) is 12.4 Å². The third-order valence-corrected chi connectivity index (χ3v) is 5.85. The molecule has 8 nitrogen and oxygen atoms in total. The van der Waals surface area contributed by atoms with Gasteiger partial charge in [-0.2, -0.15) is 0 Å². The van der Waals surface area contributed by atoms with Crippen LogP contribution in [0.25, 0.3) is 16.9 Å². The van der Waals surface area contributed by atoms with Crippen LogP contribution in [0.3, 0.4) is 0 Å². The number of rotatable bonds is 4. The van der Waals surface area contributed by atoms with Gasteiger partial charge in [0.05, 0.1) is 11.4 Å². The lowest BCUT2D eigenvalue weighted by molar-refractivity contribution is -0.120. The number of aromatic nitrogens is 3. The molecule has 0 saturated heterocycles. The number of ether oxygens (including phenoxy) is 1. The Morgan fingerprint density at radius 2 is 1.71 bits per heavy atom. The summed E-state index contributed by atoms with van der Waals surface area (Å²) in [6.45, 7) is 8.90. The average molecular weight is 510 g/mol. The molecule has 0 aliphatic carbocycles. The highest BCUT2D eigenvalue weighted by Crippen LogP contribution is 2.28. The predicted molar refractivity (Wildman–Crippen MR) is 148 cm³/mol. The molecule has 2 amide bonds. The Morgan fingerprint density at radius 1 is 1.00 bits per heavy atom. The Morgan fingerprint density at radius 3 is 2.42 bits per heavy atom. The highest BCUT2D eigenvalue weighted by atomic mass is 16.6. The number of carbonyl (C=O) groups excluding carboxylic acids is 2. The largest absolute Gasteiger partial charge is 0.444 e. The van der Waals surface area contributed by atoms with Crippen molar-refractivity contribution in [2.24, 2.45) is 0 Å². The summed E-state index contributed by atoms with van der Waals surface area (Å²) in [6, 6.07) is 18.3. The summed E-state index contributed by atoms with van der Waals surface area (Å²) < 4.78 is 7.38. The molecule has 0 spiro atoms. The van der Waals surface area contributed by atoms with E-state index in [0.29, 0.717) is 11.5 Å². The zero-order valence-electron chi connectivity index (χ0n) is 22.4. The molecule has 0 aliphatic heterocycles. The molecular weight excluding hydrogens is 478 g/mol. The first kappa shape index (κ1) is 26.4. The molecule has 1 unspecified atom stereocenters. The van der Waals surface area contributed by atoms with Crippen LogP contribution < -0.4 is 5.32 Å². The monoisotopic (exact) mass is 509 g/mol. The van der Waals surface area contributed by atoms with Crippen LogP contribution in [0.1, 0.15) is 44.6 Å². The van der Waals surface area contributed by atoms with Gasteiger partial charge in [0.25, 0.3) is 0 Å². The van der Waals surface area contributed by atoms with Crippen molar-refractivity contribution in [1.82, 2.24) is 19.3 Å². The summed E-state index contributed by atoms with van der Waals surface area (Å²) in [4.78, 5) is 36.1. The molecule has 0 radical (unpaired) electrons. The van der Waals surface area contributed by atoms with Gasteiger partial charge in [0.2, 0.25) is 5.91 Å². The van der Waals surface area contributed by atoms with E-state index in [0.717, 1.165) is 28.2 Å². The van der Waals surface area contributed by atoms with Crippen LogP contribution in [0, 0.1) is 18.8 Å². The smallest absolute Gasteiger partial charge is 0.410 e. The fourth-order valence-corrected chi connectivity index (χ4v) is 3.80. The van der Waals surface area contributed by atoms with Gasteiger partial charge in [0.15, 0.2) is 0 Å². The van der Waals surface area contributed by atoms with Crippen LogP contribution in [0.2, 0.25) is 0 Å². The predicted octanol–water partition coefficient (Wildman–Crippen LogP) is 5.30. The van der Waals surface area contributed by atoms with Crippen molar-refractivity contribution in [1.29, 1.82) is 0 Å². The molecule has 8 heteroatoms. The van der Waals surface area contributed by atoms with Gasteiger partial charge in [-0.05, 0) is 76.9 Å². The van der Waals surface area contributed by atoms with E-state index in [2.05, 4.69) is 22.1 Å².